The molecule has 0 bridgehead atoms. The summed E-state index contributed by atoms with van der Waals surface area (Å²) in [7, 11) is 0. The molecule has 2 fully saturated rings. The van der Waals surface area contributed by atoms with Gasteiger partial charge in [0, 0.05) is 12.6 Å². The first-order valence-electron chi connectivity index (χ1n) is 8.23. The fraction of sp³-hybridized carbons (Fsp3) is 1.00. The van der Waals surface area contributed by atoms with Gasteiger partial charge in [0.2, 0.25) is 0 Å². The Kier molecular flexibility index (Phi) is 5.97. The van der Waals surface area contributed by atoms with Crippen molar-refractivity contribution < 1.29 is 5.11 Å². The molecule has 0 saturated heterocycles. The van der Waals surface area contributed by atoms with Gasteiger partial charge in [-0.3, -0.25) is 0 Å². The third-order valence-electron chi connectivity index (χ3n) is 5.09. The standard InChI is InChI=1S/C16H31NO/c1-2-17(15-10-6-4-7-11-15)13-14-9-5-3-8-12-16(14)18/h14-16,18H,2-13H2,1H3. The summed E-state index contributed by atoms with van der Waals surface area (Å²) in [4.78, 5) is 2.67. The van der Waals surface area contributed by atoms with Crippen LogP contribution in [0.2, 0.25) is 0 Å². The van der Waals surface area contributed by atoms with E-state index in [1.165, 1.54) is 57.8 Å². The van der Waals surface area contributed by atoms with Gasteiger partial charge in [0.05, 0.1) is 6.10 Å². The number of aliphatic hydroxyl groups is 1. The highest BCUT2D eigenvalue weighted by molar-refractivity contribution is 4.81. The van der Waals surface area contributed by atoms with E-state index in [1.807, 2.05) is 0 Å². The van der Waals surface area contributed by atoms with Crippen LogP contribution in [0.15, 0.2) is 0 Å². The maximum absolute atomic E-state index is 10.3. The van der Waals surface area contributed by atoms with E-state index in [0.29, 0.717) is 5.92 Å². The predicted molar refractivity (Wildman–Crippen MR) is 76.7 cm³/mol. The molecule has 2 aliphatic carbocycles. The third-order valence-corrected chi connectivity index (χ3v) is 5.09. The molecule has 18 heavy (non-hydrogen) atoms. The molecule has 0 heterocycles. The maximum Gasteiger partial charge on any atom is 0.0580 e. The van der Waals surface area contributed by atoms with Crippen molar-refractivity contribution >= 4 is 0 Å². The van der Waals surface area contributed by atoms with E-state index in [-0.39, 0.29) is 6.10 Å². The monoisotopic (exact) mass is 253 g/mol. The number of nitrogens with zero attached hydrogens (tertiary/aromatic N) is 1. The fourth-order valence-corrected chi connectivity index (χ4v) is 3.86. The Morgan fingerprint density at radius 3 is 2.17 bits per heavy atom. The average Bonchev–Trinajstić information content (AvgIpc) is 2.62. The molecule has 2 saturated carbocycles. The van der Waals surface area contributed by atoms with E-state index < -0.39 is 0 Å². The molecular weight excluding hydrogens is 222 g/mol. The van der Waals surface area contributed by atoms with Crippen molar-refractivity contribution in [1.82, 2.24) is 4.90 Å². The first-order chi connectivity index (χ1) is 8.81. The Balaban J connectivity index is 1.87. The highest BCUT2D eigenvalue weighted by Crippen LogP contribution is 2.28. The third kappa shape index (κ3) is 3.96. The molecule has 106 valence electrons. The van der Waals surface area contributed by atoms with Crippen LogP contribution in [0, 0.1) is 5.92 Å². The molecule has 1 N–H and O–H groups in total. The predicted octanol–water partition coefficient (Wildman–Crippen LogP) is 3.58. The Morgan fingerprint density at radius 2 is 1.50 bits per heavy atom. The van der Waals surface area contributed by atoms with Crippen LogP contribution in [0.25, 0.3) is 0 Å². The van der Waals surface area contributed by atoms with Gasteiger partial charge in [0.1, 0.15) is 0 Å². The first kappa shape index (κ1) is 14.3. The first-order valence-corrected chi connectivity index (χ1v) is 8.23. The van der Waals surface area contributed by atoms with E-state index in [1.54, 1.807) is 0 Å². The van der Waals surface area contributed by atoms with Gasteiger partial charge in [-0.1, -0.05) is 45.4 Å². The Morgan fingerprint density at radius 1 is 0.889 bits per heavy atom. The Hall–Kier alpha value is -0.0800. The van der Waals surface area contributed by atoms with Gasteiger partial charge in [-0.05, 0) is 38.1 Å². The number of hydrogen-bond donors (Lipinski definition) is 1. The van der Waals surface area contributed by atoms with Crippen LogP contribution in [0.3, 0.4) is 0 Å². The van der Waals surface area contributed by atoms with E-state index in [2.05, 4.69) is 11.8 Å². The van der Waals surface area contributed by atoms with E-state index in [9.17, 15) is 5.11 Å². The Labute approximate surface area is 113 Å². The number of hydrogen-bond acceptors (Lipinski definition) is 2. The van der Waals surface area contributed by atoms with Gasteiger partial charge >= 0.3 is 0 Å². The van der Waals surface area contributed by atoms with Gasteiger partial charge in [-0.15, -0.1) is 0 Å². The van der Waals surface area contributed by atoms with Gasteiger partial charge in [0.25, 0.3) is 0 Å². The highest BCUT2D eigenvalue weighted by atomic mass is 16.3. The molecule has 2 rings (SSSR count). The van der Waals surface area contributed by atoms with Crippen LogP contribution in [0.5, 0.6) is 0 Å². The van der Waals surface area contributed by atoms with E-state index >= 15 is 0 Å². The molecule has 0 radical (unpaired) electrons. The molecular formula is C16H31NO. The van der Waals surface area contributed by atoms with Crippen molar-refractivity contribution in [3.63, 3.8) is 0 Å². The van der Waals surface area contributed by atoms with Crippen LogP contribution in [-0.2, 0) is 0 Å². The fourth-order valence-electron chi connectivity index (χ4n) is 3.86. The molecule has 0 aliphatic heterocycles. The van der Waals surface area contributed by atoms with Crippen LogP contribution in [0.1, 0.15) is 71.1 Å². The lowest BCUT2D eigenvalue weighted by Gasteiger charge is -2.36. The maximum atomic E-state index is 10.3. The molecule has 0 aromatic rings. The van der Waals surface area contributed by atoms with E-state index in [0.717, 1.165) is 25.6 Å². The zero-order valence-corrected chi connectivity index (χ0v) is 12.1. The van der Waals surface area contributed by atoms with E-state index in [4.69, 9.17) is 0 Å². The molecule has 2 unspecified atom stereocenters. The van der Waals surface area contributed by atoms with Crippen molar-refractivity contribution in [1.29, 1.82) is 0 Å². The quantitative estimate of drug-likeness (QED) is 0.774. The highest BCUT2D eigenvalue weighted by Gasteiger charge is 2.27. The average molecular weight is 253 g/mol. The summed E-state index contributed by atoms with van der Waals surface area (Å²) in [6.45, 7) is 4.59. The summed E-state index contributed by atoms with van der Waals surface area (Å²) in [5.74, 6) is 0.536. The summed E-state index contributed by atoms with van der Waals surface area (Å²) in [6, 6.07) is 0.805. The van der Waals surface area contributed by atoms with Crippen LogP contribution in [0.4, 0.5) is 0 Å². The van der Waals surface area contributed by atoms with Crippen molar-refractivity contribution in [3.05, 3.63) is 0 Å². The van der Waals surface area contributed by atoms with Gasteiger partial charge in [-0.25, -0.2) is 0 Å². The topological polar surface area (TPSA) is 23.5 Å². The van der Waals surface area contributed by atoms with Gasteiger partial charge in [-0.2, -0.15) is 0 Å². The minimum absolute atomic E-state index is 0.0369. The largest absolute Gasteiger partial charge is 0.393 e. The number of aliphatic hydroxyl groups excluding tert-OH is 1. The summed E-state index contributed by atoms with van der Waals surface area (Å²) in [5, 5.41) is 10.3. The van der Waals surface area contributed by atoms with Crippen molar-refractivity contribution in [2.45, 2.75) is 83.3 Å². The molecule has 0 spiro atoms. The minimum atomic E-state index is -0.0369. The molecule has 2 nitrogen and oxygen atoms in total. The molecule has 2 atom stereocenters. The second kappa shape index (κ2) is 7.49. The van der Waals surface area contributed by atoms with Crippen molar-refractivity contribution in [2.24, 2.45) is 5.92 Å². The second-order valence-corrected chi connectivity index (χ2v) is 6.34. The lowest BCUT2D eigenvalue weighted by atomic mass is 9.91. The smallest absolute Gasteiger partial charge is 0.0580 e. The molecule has 0 amide bonds. The normalized spacial score (nSPS) is 31.5. The summed E-state index contributed by atoms with van der Waals surface area (Å²) >= 11 is 0. The SMILES string of the molecule is CCN(CC1CCCCCC1O)C1CCCCC1. The van der Waals surface area contributed by atoms with Gasteiger partial charge < -0.3 is 10.0 Å². The molecule has 0 aromatic carbocycles. The summed E-state index contributed by atoms with van der Waals surface area (Å²) in [5.41, 5.74) is 0. The van der Waals surface area contributed by atoms with Crippen LogP contribution in [-0.4, -0.2) is 35.2 Å². The molecule has 0 aromatic heterocycles. The Bertz CT molecular complexity index is 225. The lowest BCUT2D eigenvalue weighted by molar-refractivity contribution is 0.0548. The van der Waals surface area contributed by atoms with Gasteiger partial charge in [0.15, 0.2) is 0 Å². The minimum Gasteiger partial charge on any atom is -0.393 e. The molecule has 2 aliphatic rings. The van der Waals surface area contributed by atoms with Crippen LogP contribution >= 0.6 is 0 Å². The lowest BCUT2D eigenvalue weighted by Crippen LogP contribution is -2.42. The number of rotatable bonds is 4. The summed E-state index contributed by atoms with van der Waals surface area (Å²) < 4.78 is 0. The van der Waals surface area contributed by atoms with Crippen molar-refractivity contribution in [3.8, 4) is 0 Å². The zero-order chi connectivity index (χ0) is 12.8. The van der Waals surface area contributed by atoms with Crippen LogP contribution < -0.4 is 0 Å². The molecule has 2 heteroatoms. The zero-order valence-electron chi connectivity index (χ0n) is 12.1. The summed E-state index contributed by atoms with van der Waals surface area (Å²) in [6.07, 6.45) is 13.1. The second-order valence-electron chi connectivity index (χ2n) is 6.34. The van der Waals surface area contributed by atoms with Crippen molar-refractivity contribution in [2.75, 3.05) is 13.1 Å².